The van der Waals surface area contributed by atoms with E-state index in [1.54, 1.807) is 30.3 Å². The zero-order chi connectivity index (χ0) is 17.2. The summed E-state index contributed by atoms with van der Waals surface area (Å²) in [7, 11) is 0. The normalized spacial score (nSPS) is 12.0. The quantitative estimate of drug-likeness (QED) is 0.619. The van der Waals surface area contributed by atoms with Gasteiger partial charge in [-0.15, -0.1) is 0 Å². The lowest BCUT2D eigenvalue weighted by atomic mass is 10.2. The fraction of sp³-hybridized carbons (Fsp3) is 0.0588. The number of furan rings is 1. The summed E-state index contributed by atoms with van der Waals surface area (Å²) < 4.78 is 43.5. The van der Waals surface area contributed by atoms with Crippen molar-refractivity contribution in [1.29, 1.82) is 0 Å². The first kappa shape index (κ1) is 16.3. The predicted molar refractivity (Wildman–Crippen MR) is 85.1 cm³/mol. The Hall–Kier alpha value is -2.60. The lowest BCUT2D eigenvalue weighted by molar-refractivity contribution is -0.141. The number of halogens is 4. The molecule has 3 rings (SSSR count). The molecular formula is C17H10ClF3N2O. The third-order valence-electron chi connectivity index (χ3n) is 3.13. The largest absolute Gasteiger partial charge is 0.457 e. The molecule has 7 heteroatoms. The van der Waals surface area contributed by atoms with Crippen LogP contribution in [0, 0.1) is 0 Å². The fourth-order valence-corrected chi connectivity index (χ4v) is 2.22. The topological polar surface area (TPSA) is 38.9 Å². The van der Waals surface area contributed by atoms with Gasteiger partial charge in [0.15, 0.2) is 0 Å². The van der Waals surface area contributed by atoms with Crippen molar-refractivity contribution < 1.29 is 17.6 Å². The van der Waals surface area contributed by atoms with E-state index in [1.165, 1.54) is 12.2 Å². The number of hydrogen-bond acceptors (Lipinski definition) is 3. The van der Waals surface area contributed by atoms with E-state index in [0.717, 1.165) is 18.0 Å². The van der Waals surface area contributed by atoms with Crippen LogP contribution in [0.15, 0.2) is 53.2 Å². The highest BCUT2D eigenvalue weighted by Gasteiger charge is 2.32. The van der Waals surface area contributed by atoms with Gasteiger partial charge in [-0.05, 0) is 42.5 Å². The van der Waals surface area contributed by atoms with E-state index < -0.39 is 11.9 Å². The van der Waals surface area contributed by atoms with E-state index in [0.29, 0.717) is 16.5 Å². The van der Waals surface area contributed by atoms with Gasteiger partial charge >= 0.3 is 6.18 Å². The van der Waals surface area contributed by atoms with Gasteiger partial charge in [-0.25, -0.2) is 9.97 Å². The van der Waals surface area contributed by atoms with Crippen molar-refractivity contribution in [3.05, 3.63) is 71.0 Å². The van der Waals surface area contributed by atoms with Gasteiger partial charge in [-0.2, -0.15) is 13.2 Å². The average molecular weight is 351 g/mol. The lowest BCUT2D eigenvalue weighted by Gasteiger charge is -2.04. The highest BCUT2D eigenvalue weighted by molar-refractivity contribution is 6.30. The van der Waals surface area contributed by atoms with Crippen molar-refractivity contribution in [2.24, 2.45) is 0 Å². The van der Waals surface area contributed by atoms with Crippen molar-refractivity contribution in [1.82, 2.24) is 9.97 Å². The monoisotopic (exact) mass is 350 g/mol. The van der Waals surface area contributed by atoms with Gasteiger partial charge in [0.25, 0.3) is 0 Å². The minimum absolute atomic E-state index is 0.137. The van der Waals surface area contributed by atoms with E-state index >= 15 is 0 Å². The van der Waals surface area contributed by atoms with Crippen molar-refractivity contribution in [3.8, 4) is 11.3 Å². The van der Waals surface area contributed by atoms with E-state index in [-0.39, 0.29) is 5.69 Å². The Labute approximate surface area is 140 Å². The number of benzene rings is 1. The standard InChI is InChI=1S/C17H10ClF3N2O/c18-12-3-1-2-11(8-12)15-7-6-14(24-15)5-4-13-9-16(17(19,20)21)23-10-22-13/h1-10H. The molecule has 2 aromatic heterocycles. The van der Waals surface area contributed by atoms with Crippen LogP contribution in [0.3, 0.4) is 0 Å². The highest BCUT2D eigenvalue weighted by atomic mass is 35.5. The third-order valence-corrected chi connectivity index (χ3v) is 3.37. The molecule has 0 aliphatic rings. The first-order valence-electron chi connectivity index (χ1n) is 6.85. The summed E-state index contributed by atoms with van der Waals surface area (Å²) in [5.74, 6) is 1.09. The van der Waals surface area contributed by atoms with E-state index in [1.807, 2.05) is 6.07 Å². The molecule has 3 aromatic rings. The molecule has 0 aliphatic carbocycles. The lowest BCUT2D eigenvalue weighted by Crippen LogP contribution is -2.08. The second-order valence-electron chi connectivity index (χ2n) is 4.87. The zero-order valence-corrected chi connectivity index (χ0v) is 12.8. The van der Waals surface area contributed by atoms with Crippen LogP contribution in [0.25, 0.3) is 23.5 Å². The summed E-state index contributed by atoms with van der Waals surface area (Å²) in [4.78, 5) is 7.00. The van der Waals surface area contributed by atoms with Crippen molar-refractivity contribution in [3.63, 3.8) is 0 Å². The minimum Gasteiger partial charge on any atom is -0.457 e. The molecule has 0 amide bonds. The minimum atomic E-state index is -4.50. The molecule has 0 aliphatic heterocycles. The smallest absolute Gasteiger partial charge is 0.433 e. The van der Waals surface area contributed by atoms with Crippen LogP contribution in [-0.2, 0) is 6.18 Å². The van der Waals surface area contributed by atoms with Gasteiger partial charge in [0.05, 0.1) is 5.69 Å². The molecule has 0 saturated carbocycles. The molecule has 24 heavy (non-hydrogen) atoms. The maximum atomic E-state index is 12.6. The van der Waals surface area contributed by atoms with Crippen LogP contribution in [0.1, 0.15) is 17.1 Å². The highest BCUT2D eigenvalue weighted by Crippen LogP contribution is 2.28. The van der Waals surface area contributed by atoms with Crippen LogP contribution < -0.4 is 0 Å². The van der Waals surface area contributed by atoms with Gasteiger partial charge in [0.2, 0.25) is 0 Å². The van der Waals surface area contributed by atoms with Gasteiger partial charge in [-0.1, -0.05) is 23.7 Å². The summed E-state index contributed by atoms with van der Waals surface area (Å²) >= 11 is 5.93. The van der Waals surface area contributed by atoms with Crippen LogP contribution in [0.4, 0.5) is 13.2 Å². The number of alkyl halides is 3. The molecule has 3 nitrogen and oxygen atoms in total. The Morgan fingerprint density at radius 2 is 1.83 bits per heavy atom. The maximum Gasteiger partial charge on any atom is 0.433 e. The molecule has 0 spiro atoms. The first-order chi connectivity index (χ1) is 11.4. The van der Waals surface area contributed by atoms with Crippen molar-refractivity contribution in [2.45, 2.75) is 6.18 Å². The third kappa shape index (κ3) is 3.83. The molecule has 1 aromatic carbocycles. The fourth-order valence-electron chi connectivity index (χ4n) is 2.03. The predicted octanol–water partition coefficient (Wildman–Crippen LogP) is 5.58. The van der Waals surface area contributed by atoms with Gasteiger partial charge in [0, 0.05) is 10.6 Å². The Bertz CT molecular complexity index is 887. The summed E-state index contributed by atoms with van der Waals surface area (Å²) in [5, 5.41) is 0.585. The summed E-state index contributed by atoms with van der Waals surface area (Å²) in [6.45, 7) is 0. The summed E-state index contributed by atoms with van der Waals surface area (Å²) in [5.41, 5.74) is -0.0437. The average Bonchev–Trinajstić information content (AvgIpc) is 3.01. The maximum absolute atomic E-state index is 12.6. The second-order valence-corrected chi connectivity index (χ2v) is 5.31. The first-order valence-corrected chi connectivity index (χ1v) is 7.23. The molecule has 122 valence electrons. The van der Waals surface area contributed by atoms with Crippen LogP contribution in [0.2, 0.25) is 5.02 Å². The molecule has 0 unspecified atom stereocenters. The van der Waals surface area contributed by atoms with Gasteiger partial charge in [0.1, 0.15) is 23.5 Å². The molecule has 0 saturated heterocycles. The van der Waals surface area contributed by atoms with Crippen molar-refractivity contribution in [2.75, 3.05) is 0 Å². The summed E-state index contributed by atoms with van der Waals surface area (Å²) in [6, 6.07) is 11.5. The molecule has 0 atom stereocenters. The van der Waals surface area contributed by atoms with E-state index in [2.05, 4.69) is 9.97 Å². The molecule has 2 heterocycles. The molecule has 0 radical (unpaired) electrons. The Morgan fingerprint density at radius 3 is 2.58 bits per heavy atom. The number of aromatic nitrogens is 2. The second kappa shape index (κ2) is 6.49. The van der Waals surface area contributed by atoms with Crippen LogP contribution in [-0.4, -0.2) is 9.97 Å². The molecule has 0 N–H and O–H groups in total. The summed E-state index contributed by atoms with van der Waals surface area (Å²) in [6.07, 6.45) is -0.661. The van der Waals surface area contributed by atoms with Crippen molar-refractivity contribution >= 4 is 23.8 Å². The number of hydrogen-bond donors (Lipinski definition) is 0. The SMILES string of the molecule is FC(F)(F)c1cc(C=Cc2ccc(-c3cccc(Cl)c3)o2)ncn1. The Morgan fingerprint density at radius 1 is 1.00 bits per heavy atom. The van der Waals surface area contributed by atoms with Gasteiger partial charge < -0.3 is 4.42 Å². The molecular weight excluding hydrogens is 341 g/mol. The van der Waals surface area contributed by atoms with E-state index in [9.17, 15) is 13.2 Å². The van der Waals surface area contributed by atoms with Gasteiger partial charge in [-0.3, -0.25) is 0 Å². The molecule has 0 fully saturated rings. The Balaban J connectivity index is 1.81. The van der Waals surface area contributed by atoms with E-state index in [4.69, 9.17) is 16.0 Å². The number of rotatable bonds is 3. The van der Waals surface area contributed by atoms with Crippen LogP contribution in [0.5, 0.6) is 0 Å². The molecule has 0 bridgehead atoms. The Kier molecular flexibility index (Phi) is 4.40. The zero-order valence-electron chi connectivity index (χ0n) is 12.1. The number of nitrogens with zero attached hydrogens (tertiary/aromatic N) is 2. The van der Waals surface area contributed by atoms with Crippen LogP contribution >= 0.6 is 11.6 Å².